The summed E-state index contributed by atoms with van der Waals surface area (Å²) in [6, 6.07) is 16.9. The zero-order valence-electron chi connectivity index (χ0n) is 13.4. The van der Waals surface area contributed by atoms with Gasteiger partial charge in [0.2, 0.25) is 0 Å². The van der Waals surface area contributed by atoms with Crippen molar-refractivity contribution in [2.24, 2.45) is 0 Å². The largest absolute Gasteiger partial charge is 0.493 e. The van der Waals surface area contributed by atoms with E-state index < -0.39 is 12.0 Å². The number of rotatable bonds is 4. The van der Waals surface area contributed by atoms with E-state index >= 15 is 0 Å². The minimum absolute atomic E-state index is 0.0834. The predicted octanol–water partition coefficient (Wildman–Crippen LogP) is 5.50. The van der Waals surface area contributed by atoms with Gasteiger partial charge in [-0.05, 0) is 34.5 Å². The van der Waals surface area contributed by atoms with E-state index in [0.717, 1.165) is 21.5 Å². The molecule has 0 amide bonds. The Morgan fingerprint density at radius 2 is 1.68 bits per heavy atom. The molecule has 0 atom stereocenters. The van der Waals surface area contributed by atoms with Crippen molar-refractivity contribution >= 4 is 33.1 Å². The molecule has 0 saturated heterocycles. The van der Waals surface area contributed by atoms with Gasteiger partial charge in [-0.25, -0.2) is 0 Å². The Morgan fingerprint density at radius 3 is 2.40 bits per heavy atom. The molecule has 0 spiro atoms. The van der Waals surface area contributed by atoms with Crippen molar-refractivity contribution in [3.63, 3.8) is 0 Å². The SMILES string of the molecule is CCO/C(=C\C(=O)C(F)(F)F)c1ccc2c(ccc3ccccc32)c1. The third-order valence-corrected chi connectivity index (χ3v) is 3.87. The van der Waals surface area contributed by atoms with Crippen LogP contribution in [0.5, 0.6) is 0 Å². The first-order valence-corrected chi connectivity index (χ1v) is 7.77. The smallest absolute Gasteiger partial charge is 0.454 e. The molecule has 0 aromatic heterocycles. The van der Waals surface area contributed by atoms with Crippen LogP contribution in [0.4, 0.5) is 13.2 Å². The Morgan fingerprint density at radius 1 is 1.00 bits per heavy atom. The van der Waals surface area contributed by atoms with Gasteiger partial charge in [0.1, 0.15) is 5.76 Å². The molecule has 0 heterocycles. The summed E-state index contributed by atoms with van der Waals surface area (Å²) in [6.45, 7) is 1.81. The molecular weight excluding hydrogens is 329 g/mol. The second kappa shape index (κ2) is 6.59. The van der Waals surface area contributed by atoms with E-state index in [1.165, 1.54) is 0 Å². The topological polar surface area (TPSA) is 26.3 Å². The van der Waals surface area contributed by atoms with Crippen molar-refractivity contribution in [1.29, 1.82) is 0 Å². The average molecular weight is 344 g/mol. The summed E-state index contributed by atoms with van der Waals surface area (Å²) in [5, 5.41) is 3.98. The molecule has 2 nitrogen and oxygen atoms in total. The second-order valence-corrected chi connectivity index (χ2v) is 5.53. The Hall–Kier alpha value is -2.82. The Balaban J connectivity index is 2.11. The third-order valence-electron chi connectivity index (χ3n) is 3.87. The molecular formula is C20H15F3O2. The van der Waals surface area contributed by atoms with Crippen LogP contribution >= 0.6 is 0 Å². The number of fused-ring (bicyclic) bond motifs is 3. The summed E-state index contributed by atoms with van der Waals surface area (Å²) in [5.41, 5.74) is 0.433. The lowest BCUT2D eigenvalue weighted by Crippen LogP contribution is -2.20. The first-order valence-electron chi connectivity index (χ1n) is 7.77. The maximum atomic E-state index is 12.5. The highest BCUT2D eigenvalue weighted by Crippen LogP contribution is 2.29. The number of benzene rings is 3. The number of halogens is 3. The van der Waals surface area contributed by atoms with Crippen LogP contribution in [0.15, 0.2) is 60.7 Å². The number of allylic oxidation sites excluding steroid dienone is 1. The van der Waals surface area contributed by atoms with E-state index in [1.807, 2.05) is 42.5 Å². The van der Waals surface area contributed by atoms with Gasteiger partial charge in [-0.2, -0.15) is 13.2 Å². The van der Waals surface area contributed by atoms with Crippen LogP contribution in [0.3, 0.4) is 0 Å². The van der Waals surface area contributed by atoms with E-state index in [1.54, 1.807) is 19.1 Å². The number of hydrogen-bond acceptors (Lipinski definition) is 2. The summed E-state index contributed by atoms with van der Waals surface area (Å²) in [6.07, 6.45) is -4.42. The molecule has 0 fully saturated rings. The van der Waals surface area contributed by atoms with Gasteiger partial charge in [0.25, 0.3) is 5.78 Å². The molecule has 0 aliphatic carbocycles. The molecule has 3 aromatic rings. The lowest BCUT2D eigenvalue weighted by Gasteiger charge is -2.11. The molecule has 0 aliphatic heterocycles. The molecule has 0 saturated carbocycles. The second-order valence-electron chi connectivity index (χ2n) is 5.53. The van der Waals surface area contributed by atoms with Gasteiger partial charge in [-0.15, -0.1) is 0 Å². The molecule has 128 valence electrons. The van der Waals surface area contributed by atoms with Gasteiger partial charge in [-0.1, -0.05) is 48.5 Å². The lowest BCUT2D eigenvalue weighted by atomic mass is 9.99. The van der Waals surface area contributed by atoms with E-state index in [2.05, 4.69) is 0 Å². The summed E-state index contributed by atoms with van der Waals surface area (Å²) in [5.74, 6) is -2.02. The van der Waals surface area contributed by atoms with Crippen molar-refractivity contribution < 1.29 is 22.7 Å². The fourth-order valence-electron chi connectivity index (χ4n) is 2.73. The monoisotopic (exact) mass is 344 g/mol. The van der Waals surface area contributed by atoms with Gasteiger partial charge in [0.05, 0.1) is 6.61 Å². The highest BCUT2D eigenvalue weighted by Gasteiger charge is 2.37. The standard InChI is InChI=1S/C20H15F3O2/c1-2-25-18(12-19(24)20(21,22)23)15-9-10-17-14(11-15)8-7-13-5-3-4-6-16(13)17/h3-12H,2H2,1H3/b18-12-. The van der Waals surface area contributed by atoms with Crippen molar-refractivity contribution in [3.8, 4) is 0 Å². The zero-order valence-corrected chi connectivity index (χ0v) is 13.4. The van der Waals surface area contributed by atoms with Crippen LogP contribution in [0.1, 0.15) is 12.5 Å². The summed E-state index contributed by atoms with van der Waals surface area (Å²) >= 11 is 0. The number of hydrogen-bond donors (Lipinski definition) is 0. The minimum atomic E-state index is -4.92. The Kier molecular flexibility index (Phi) is 4.49. The Bertz CT molecular complexity index is 971. The molecule has 0 N–H and O–H groups in total. The third kappa shape index (κ3) is 3.50. The molecule has 3 aromatic carbocycles. The number of ketones is 1. The van der Waals surface area contributed by atoms with Gasteiger partial charge in [0.15, 0.2) is 0 Å². The fourth-order valence-corrected chi connectivity index (χ4v) is 2.73. The number of carbonyl (C=O) groups is 1. The average Bonchev–Trinajstić information content (AvgIpc) is 2.60. The van der Waals surface area contributed by atoms with Gasteiger partial charge < -0.3 is 4.74 Å². The van der Waals surface area contributed by atoms with Crippen LogP contribution in [-0.4, -0.2) is 18.6 Å². The number of carbonyl (C=O) groups excluding carboxylic acids is 1. The molecule has 0 unspecified atom stereocenters. The van der Waals surface area contributed by atoms with Crippen molar-refractivity contribution in [2.75, 3.05) is 6.61 Å². The van der Waals surface area contributed by atoms with Crippen LogP contribution < -0.4 is 0 Å². The zero-order chi connectivity index (χ0) is 18.0. The first kappa shape index (κ1) is 17.0. The predicted molar refractivity (Wildman–Crippen MR) is 92.1 cm³/mol. The van der Waals surface area contributed by atoms with Crippen molar-refractivity contribution in [2.45, 2.75) is 13.1 Å². The maximum Gasteiger partial charge on any atom is 0.454 e. The molecule has 0 aliphatic rings. The van der Waals surface area contributed by atoms with Crippen LogP contribution in [0.2, 0.25) is 0 Å². The Labute approximate surface area is 142 Å². The quantitative estimate of drug-likeness (QED) is 0.355. The molecule has 0 radical (unpaired) electrons. The van der Waals surface area contributed by atoms with E-state index in [0.29, 0.717) is 11.6 Å². The maximum absolute atomic E-state index is 12.5. The van der Waals surface area contributed by atoms with Crippen LogP contribution in [0, 0.1) is 0 Å². The first-order chi connectivity index (χ1) is 11.9. The summed E-state index contributed by atoms with van der Waals surface area (Å²) in [4.78, 5) is 11.3. The molecule has 0 bridgehead atoms. The highest BCUT2D eigenvalue weighted by molar-refractivity contribution is 6.08. The van der Waals surface area contributed by atoms with E-state index in [4.69, 9.17) is 4.74 Å². The molecule has 25 heavy (non-hydrogen) atoms. The van der Waals surface area contributed by atoms with E-state index in [9.17, 15) is 18.0 Å². The summed E-state index contributed by atoms with van der Waals surface area (Å²) < 4.78 is 42.9. The fraction of sp³-hybridized carbons (Fsp3) is 0.150. The molecule has 3 rings (SSSR count). The van der Waals surface area contributed by atoms with Crippen LogP contribution in [0.25, 0.3) is 27.3 Å². The van der Waals surface area contributed by atoms with Crippen molar-refractivity contribution in [1.82, 2.24) is 0 Å². The summed E-state index contributed by atoms with van der Waals surface area (Å²) in [7, 11) is 0. The van der Waals surface area contributed by atoms with Gasteiger partial charge in [-0.3, -0.25) is 4.79 Å². The highest BCUT2D eigenvalue weighted by atomic mass is 19.4. The van der Waals surface area contributed by atoms with Crippen LogP contribution in [-0.2, 0) is 9.53 Å². The normalized spacial score (nSPS) is 12.6. The minimum Gasteiger partial charge on any atom is -0.493 e. The lowest BCUT2D eigenvalue weighted by molar-refractivity contribution is -0.165. The van der Waals surface area contributed by atoms with Gasteiger partial charge >= 0.3 is 6.18 Å². The van der Waals surface area contributed by atoms with Gasteiger partial charge in [0, 0.05) is 11.6 Å². The number of alkyl halides is 3. The number of ether oxygens (including phenoxy) is 1. The molecule has 5 heteroatoms. The van der Waals surface area contributed by atoms with E-state index in [-0.39, 0.29) is 12.4 Å². The van der Waals surface area contributed by atoms with Crippen molar-refractivity contribution in [3.05, 3.63) is 66.2 Å².